The Morgan fingerprint density at radius 2 is 1.90 bits per heavy atom. The maximum atomic E-state index is 12.6. The maximum Gasteiger partial charge on any atom is 0.266 e. The van der Waals surface area contributed by atoms with E-state index >= 15 is 0 Å². The summed E-state index contributed by atoms with van der Waals surface area (Å²) in [5.74, 6) is 0.578. The largest absolute Gasteiger partial charge is 0.274 e. The first kappa shape index (κ1) is 16.3. The molecule has 1 amide bonds. The number of rotatable bonds is 5. The average Bonchev–Trinajstić information content (AvgIpc) is 2.83. The molecule has 0 N–H and O–H groups in total. The maximum absolute atomic E-state index is 12.6. The highest BCUT2D eigenvalue weighted by Crippen LogP contribution is 2.29. The van der Waals surface area contributed by atoms with Gasteiger partial charge in [-0.25, -0.2) is 12.7 Å². The second kappa shape index (κ2) is 6.36. The van der Waals surface area contributed by atoms with Crippen LogP contribution in [0.1, 0.15) is 25.8 Å². The highest BCUT2D eigenvalue weighted by molar-refractivity contribution is 7.89. The van der Waals surface area contributed by atoms with Gasteiger partial charge in [-0.05, 0) is 36.0 Å². The number of carbonyl (C=O) groups is 1. The third-order valence-electron chi connectivity index (χ3n) is 3.95. The number of hydrogen-bond donors (Lipinski definition) is 0. The Kier molecular flexibility index (Phi) is 4.94. The summed E-state index contributed by atoms with van der Waals surface area (Å²) in [4.78, 5) is 12.2. The van der Waals surface area contributed by atoms with Crippen molar-refractivity contribution in [2.45, 2.75) is 31.6 Å². The molecule has 1 fully saturated rings. The van der Waals surface area contributed by atoms with Gasteiger partial charge in [0.1, 0.15) is 0 Å². The smallest absolute Gasteiger partial charge is 0.266 e. The van der Waals surface area contributed by atoms with Crippen molar-refractivity contribution in [2.24, 2.45) is 11.8 Å². The Bertz CT molecular complexity index is 610. The van der Waals surface area contributed by atoms with E-state index < -0.39 is 10.0 Å². The van der Waals surface area contributed by atoms with Gasteiger partial charge >= 0.3 is 0 Å². The molecule has 2 rings (SSSR count). The number of benzene rings is 1. The molecule has 4 nitrogen and oxygen atoms in total. The van der Waals surface area contributed by atoms with E-state index in [1.165, 1.54) is 0 Å². The zero-order valence-corrected chi connectivity index (χ0v) is 13.8. The van der Waals surface area contributed by atoms with Gasteiger partial charge in [-0.1, -0.05) is 26.0 Å². The highest BCUT2D eigenvalue weighted by Gasteiger charge is 2.39. The van der Waals surface area contributed by atoms with Crippen LogP contribution in [-0.4, -0.2) is 31.1 Å². The summed E-state index contributed by atoms with van der Waals surface area (Å²) >= 11 is 5.66. The number of amides is 1. The van der Waals surface area contributed by atoms with Crippen molar-refractivity contribution >= 4 is 27.5 Å². The predicted octanol–water partition coefficient (Wildman–Crippen LogP) is 2.66. The molecular weight excluding hydrogens is 310 g/mol. The number of halogens is 1. The quantitative estimate of drug-likeness (QED) is 0.780. The number of sulfonamides is 1. The summed E-state index contributed by atoms with van der Waals surface area (Å²) in [5.41, 5.74) is 0.983. The normalized spacial score (nSPS) is 19.5. The molecule has 116 valence electrons. The summed E-state index contributed by atoms with van der Waals surface area (Å²) in [7, 11) is -3.74. The zero-order valence-electron chi connectivity index (χ0n) is 12.3. The molecule has 1 aromatic carbocycles. The number of nitrogens with zero attached hydrogens (tertiary/aromatic N) is 1. The molecule has 6 heteroatoms. The zero-order chi connectivity index (χ0) is 15.6. The molecule has 0 aliphatic carbocycles. The molecule has 0 bridgehead atoms. The fraction of sp³-hybridized carbons (Fsp3) is 0.533. The summed E-state index contributed by atoms with van der Waals surface area (Å²) in [6.07, 6.45) is 1.00. The van der Waals surface area contributed by atoms with E-state index in [2.05, 4.69) is 0 Å². The number of aryl methyl sites for hydroxylation is 1. The second-order valence-corrected chi connectivity index (χ2v) is 7.96. The standard InChI is InChI=1S/C15H20ClNO3S/c1-11(2)13-9-15(18)17(10-13)21(19,20)14-5-3-12(4-6-14)7-8-16/h3-6,11,13H,7-10H2,1-2H3. The van der Waals surface area contributed by atoms with Crippen LogP contribution in [-0.2, 0) is 21.2 Å². The minimum Gasteiger partial charge on any atom is -0.274 e. The van der Waals surface area contributed by atoms with Crippen molar-refractivity contribution in [3.8, 4) is 0 Å². The van der Waals surface area contributed by atoms with Crippen molar-refractivity contribution in [2.75, 3.05) is 12.4 Å². The molecule has 1 aliphatic heterocycles. The van der Waals surface area contributed by atoms with Gasteiger partial charge < -0.3 is 0 Å². The van der Waals surface area contributed by atoms with Crippen molar-refractivity contribution in [1.29, 1.82) is 0 Å². The molecule has 0 spiro atoms. The van der Waals surface area contributed by atoms with Gasteiger partial charge in [0, 0.05) is 18.8 Å². The summed E-state index contributed by atoms with van der Waals surface area (Å²) < 4.78 is 26.1. The van der Waals surface area contributed by atoms with Crippen LogP contribution in [0.4, 0.5) is 0 Å². The first-order chi connectivity index (χ1) is 9.86. The fourth-order valence-electron chi connectivity index (χ4n) is 2.45. The van der Waals surface area contributed by atoms with Gasteiger partial charge in [-0.3, -0.25) is 4.79 Å². The first-order valence-electron chi connectivity index (χ1n) is 7.06. The number of hydrogen-bond acceptors (Lipinski definition) is 3. The lowest BCUT2D eigenvalue weighted by atomic mass is 9.95. The SMILES string of the molecule is CC(C)C1CC(=O)N(S(=O)(=O)c2ccc(CCCl)cc2)C1. The van der Waals surface area contributed by atoms with Gasteiger partial charge in [0.25, 0.3) is 10.0 Å². The molecule has 1 aromatic rings. The van der Waals surface area contributed by atoms with E-state index in [0.717, 1.165) is 9.87 Å². The number of carbonyl (C=O) groups excluding carboxylic acids is 1. The second-order valence-electron chi connectivity index (χ2n) is 5.72. The topological polar surface area (TPSA) is 54.5 Å². The monoisotopic (exact) mass is 329 g/mol. The Morgan fingerprint density at radius 1 is 1.29 bits per heavy atom. The lowest BCUT2D eigenvalue weighted by Gasteiger charge is -2.18. The minimum atomic E-state index is -3.74. The number of alkyl halides is 1. The molecule has 0 saturated carbocycles. The Hall–Kier alpha value is -1.07. The lowest BCUT2D eigenvalue weighted by Crippen LogP contribution is -2.32. The van der Waals surface area contributed by atoms with Crippen molar-refractivity contribution in [3.05, 3.63) is 29.8 Å². The fourth-order valence-corrected chi connectivity index (χ4v) is 4.13. The van der Waals surface area contributed by atoms with Crippen LogP contribution >= 0.6 is 11.6 Å². The first-order valence-corrected chi connectivity index (χ1v) is 9.04. The van der Waals surface area contributed by atoms with E-state index in [-0.39, 0.29) is 23.3 Å². The molecule has 1 atom stereocenters. The van der Waals surface area contributed by atoms with Crippen molar-refractivity contribution < 1.29 is 13.2 Å². The third kappa shape index (κ3) is 3.40. The van der Waals surface area contributed by atoms with Crippen LogP contribution in [0.25, 0.3) is 0 Å². The van der Waals surface area contributed by atoms with E-state index in [1.807, 2.05) is 13.8 Å². The molecule has 0 aromatic heterocycles. The van der Waals surface area contributed by atoms with Crippen LogP contribution in [0.3, 0.4) is 0 Å². The molecule has 1 saturated heterocycles. The van der Waals surface area contributed by atoms with Gasteiger partial charge in [0.2, 0.25) is 5.91 Å². The summed E-state index contributed by atoms with van der Waals surface area (Å²) in [6, 6.07) is 6.59. The molecule has 1 aliphatic rings. The summed E-state index contributed by atoms with van der Waals surface area (Å²) in [5, 5.41) is 0. The Morgan fingerprint density at radius 3 is 2.38 bits per heavy atom. The highest BCUT2D eigenvalue weighted by atomic mass is 35.5. The van der Waals surface area contributed by atoms with E-state index in [1.54, 1.807) is 24.3 Å². The minimum absolute atomic E-state index is 0.0998. The van der Waals surface area contributed by atoms with Gasteiger partial charge in [0.15, 0.2) is 0 Å². The molecule has 1 unspecified atom stereocenters. The molecule has 0 radical (unpaired) electrons. The predicted molar refractivity (Wildman–Crippen MR) is 82.7 cm³/mol. The van der Waals surface area contributed by atoms with Crippen LogP contribution in [0.2, 0.25) is 0 Å². The van der Waals surface area contributed by atoms with Crippen molar-refractivity contribution in [3.63, 3.8) is 0 Å². The van der Waals surface area contributed by atoms with Crippen LogP contribution in [0.15, 0.2) is 29.2 Å². The Labute approximate surface area is 131 Å². The Balaban J connectivity index is 2.23. The van der Waals surface area contributed by atoms with E-state index in [4.69, 9.17) is 11.6 Å². The summed E-state index contributed by atoms with van der Waals surface area (Å²) in [6.45, 7) is 4.30. The molecule has 1 heterocycles. The van der Waals surface area contributed by atoms with Crippen LogP contribution < -0.4 is 0 Å². The van der Waals surface area contributed by atoms with Gasteiger partial charge in [-0.2, -0.15) is 0 Å². The molecular formula is C15H20ClNO3S. The van der Waals surface area contributed by atoms with E-state index in [0.29, 0.717) is 24.6 Å². The van der Waals surface area contributed by atoms with Gasteiger partial charge in [-0.15, -0.1) is 11.6 Å². The van der Waals surface area contributed by atoms with Crippen molar-refractivity contribution in [1.82, 2.24) is 4.31 Å². The van der Waals surface area contributed by atoms with E-state index in [9.17, 15) is 13.2 Å². The third-order valence-corrected chi connectivity index (χ3v) is 5.94. The average molecular weight is 330 g/mol. The molecule has 21 heavy (non-hydrogen) atoms. The van der Waals surface area contributed by atoms with Crippen LogP contribution in [0, 0.1) is 11.8 Å². The lowest BCUT2D eigenvalue weighted by molar-refractivity contribution is -0.123. The van der Waals surface area contributed by atoms with Crippen LogP contribution in [0.5, 0.6) is 0 Å². The van der Waals surface area contributed by atoms with Gasteiger partial charge in [0.05, 0.1) is 4.90 Å².